The Hall–Kier alpha value is -0.870. The number of aromatic nitrogens is 2. The summed E-state index contributed by atoms with van der Waals surface area (Å²) in [5.41, 5.74) is 0.439. The second-order valence-corrected chi connectivity index (χ2v) is 6.25. The van der Waals surface area contributed by atoms with Crippen molar-refractivity contribution in [1.82, 2.24) is 9.97 Å². The molecule has 0 spiro atoms. The first-order chi connectivity index (χ1) is 8.91. The Balaban J connectivity index is 2.29. The highest BCUT2D eigenvalue weighted by Gasteiger charge is 2.27. The number of nitrogens with zero attached hydrogens (tertiary/aromatic N) is 3. The molecule has 0 radical (unpaired) electrons. The van der Waals surface area contributed by atoms with E-state index in [1.807, 2.05) is 6.92 Å². The van der Waals surface area contributed by atoms with Crippen LogP contribution in [0.15, 0.2) is 6.33 Å². The normalized spacial score (nSPS) is 24.6. The van der Waals surface area contributed by atoms with E-state index in [2.05, 4.69) is 28.7 Å². The Morgan fingerprint density at radius 2 is 2.05 bits per heavy atom. The van der Waals surface area contributed by atoms with Gasteiger partial charge in [-0.3, -0.25) is 0 Å². The van der Waals surface area contributed by atoms with E-state index in [0.29, 0.717) is 5.15 Å². The van der Waals surface area contributed by atoms with Gasteiger partial charge >= 0.3 is 0 Å². The molecule has 1 aliphatic heterocycles. The molecule has 5 heteroatoms. The van der Waals surface area contributed by atoms with Crippen molar-refractivity contribution >= 4 is 17.4 Å². The molecule has 1 aliphatic rings. The molecular formula is C14H22ClN3O. The van der Waals surface area contributed by atoms with Crippen LogP contribution in [-0.4, -0.2) is 33.8 Å². The average molecular weight is 284 g/mol. The highest BCUT2D eigenvalue weighted by atomic mass is 35.5. The molecule has 2 rings (SSSR count). The van der Waals surface area contributed by atoms with Gasteiger partial charge in [0, 0.05) is 18.7 Å². The number of anilines is 1. The zero-order valence-corrected chi connectivity index (χ0v) is 12.6. The molecule has 1 atom stereocenters. The van der Waals surface area contributed by atoms with E-state index >= 15 is 0 Å². The molecule has 1 unspecified atom stereocenters. The topological polar surface area (TPSA) is 49.2 Å². The fourth-order valence-electron chi connectivity index (χ4n) is 2.59. The smallest absolute Gasteiger partial charge is 0.138 e. The Morgan fingerprint density at radius 1 is 1.32 bits per heavy atom. The molecule has 0 aliphatic carbocycles. The van der Waals surface area contributed by atoms with Crippen molar-refractivity contribution in [2.45, 2.75) is 51.6 Å². The SMILES string of the molecule is CC(C)c1c(Cl)ncnc1N1CCCC(C)(O)CC1. The molecule has 1 N–H and O–H groups in total. The second-order valence-electron chi connectivity index (χ2n) is 5.89. The van der Waals surface area contributed by atoms with Gasteiger partial charge in [0.25, 0.3) is 0 Å². The summed E-state index contributed by atoms with van der Waals surface area (Å²) >= 11 is 6.21. The van der Waals surface area contributed by atoms with Crippen molar-refractivity contribution in [3.8, 4) is 0 Å². The van der Waals surface area contributed by atoms with Crippen LogP contribution >= 0.6 is 11.6 Å². The van der Waals surface area contributed by atoms with Crippen molar-refractivity contribution < 1.29 is 5.11 Å². The molecule has 0 bridgehead atoms. The van der Waals surface area contributed by atoms with Gasteiger partial charge in [-0.15, -0.1) is 0 Å². The molecule has 106 valence electrons. The largest absolute Gasteiger partial charge is 0.390 e. The third-order valence-electron chi connectivity index (χ3n) is 3.75. The standard InChI is InChI=1S/C14H22ClN3O/c1-10(2)11-12(15)16-9-17-13(11)18-7-4-5-14(3,19)6-8-18/h9-10,19H,4-8H2,1-3H3. The maximum absolute atomic E-state index is 10.2. The van der Waals surface area contributed by atoms with Crippen molar-refractivity contribution in [3.05, 3.63) is 17.0 Å². The molecule has 1 aromatic rings. The molecule has 1 aromatic heterocycles. The van der Waals surface area contributed by atoms with E-state index in [9.17, 15) is 5.11 Å². The van der Waals surface area contributed by atoms with Crippen LogP contribution in [0.1, 0.15) is 51.5 Å². The average Bonchev–Trinajstić information content (AvgIpc) is 2.49. The van der Waals surface area contributed by atoms with E-state index in [-0.39, 0.29) is 5.92 Å². The monoisotopic (exact) mass is 283 g/mol. The number of aliphatic hydroxyl groups is 1. The van der Waals surface area contributed by atoms with Gasteiger partial charge in [0.15, 0.2) is 0 Å². The Kier molecular flexibility index (Phi) is 4.31. The van der Waals surface area contributed by atoms with Crippen LogP contribution in [-0.2, 0) is 0 Å². The fourth-order valence-corrected chi connectivity index (χ4v) is 2.94. The van der Waals surface area contributed by atoms with Gasteiger partial charge in [-0.1, -0.05) is 25.4 Å². The second kappa shape index (κ2) is 5.63. The first-order valence-electron chi connectivity index (χ1n) is 6.88. The van der Waals surface area contributed by atoms with Crippen LogP contribution in [0, 0.1) is 0 Å². The lowest BCUT2D eigenvalue weighted by Gasteiger charge is -2.26. The molecule has 0 amide bonds. The van der Waals surface area contributed by atoms with Crippen molar-refractivity contribution in [1.29, 1.82) is 0 Å². The highest BCUT2D eigenvalue weighted by Crippen LogP contribution is 2.32. The molecule has 1 saturated heterocycles. The molecule has 4 nitrogen and oxygen atoms in total. The van der Waals surface area contributed by atoms with Gasteiger partial charge in [0.05, 0.1) is 5.60 Å². The zero-order valence-electron chi connectivity index (χ0n) is 11.9. The minimum Gasteiger partial charge on any atom is -0.390 e. The van der Waals surface area contributed by atoms with Gasteiger partial charge < -0.3 is 10.0 Å². The number of hydrogen-bond donors (Lipinski definition) is 1. The van der Waals surface area contributed by atoms with E-state index in [1.165, 1.54) is 6.33 Å². The van der Waals surface area contributed by atoms with Gasteiger partial charge in [-0.25, -0.2) is 9.97 Å². The molecule has 19 heavy (non-hydrogen) atoms. The Morgan fingerprint density at radius 3 is 2.74 bits per heavy atom. The third-order valence-corrected chi connectivity index (χ3v) is 4.06. The van der Waals surface area contributed by atoms with Gasteiger partial charge in [0.2, 0.25) is 0 Å². The number of hydrogen-bond acceptors (Lipinski definition) is 4. The third kappa shape index (κ3) is 3.37. The zero-order chi connectivity index (χ0) is 14.0. The van der Waals surface area contributed by atoms with Crippen molar-refractivity contribution in [3.63, 3.8) is 0 Å². The minimum absolute atomic E-state index is 0.285. The number of halogens is 1. The van der Waals surface area contributed by atoms with Gasteiger partial charge in [0.1, 0.15) is 17.3 Å². The summed E-state index contributed by atoms with van der Waals surface area (Å²) in [7, 11) is 0. The summed E-state index contributed by atoms with van der Waals surface area (Å²) in [6.45, 7) is 7.82. The van der Waals surface area contributed by atoms with Crippen LogP contribution in [0.25, 0.3) is 0 Å². The minimum atomic E-state index is -0.566. The summed E-state index contributed by atoms with van der Waals surface area (Å²) < 4.78 is 0. The summed E-state index contributed by atoms with van der Waals surface area (Å²) in [4.78, 5) is 10.7. The summed E-state index contributed by atoms with van der Waals surface area (Å²) in [5.74, 6) is 1.21. The lowest BCUT2D eigenvalue weighted by molar-refractivity contribution is 0.0481. The quantitative estimate of drug-likeness (QED) is 0.848. The molecule has 0 aromatic carbocycles. The summed E-state index contributed by atoms with van der Waals surface area (Å²) in [5, 5.41) is 10.7. The number of rotatable bonds is 2. The predicted molar refractivity (Wildman–Crippen MR) is 77.8 cm³/mol. The predicted octanol–water partition coefficient (Wildman–Crippen LogP) is 2.99. The lowest BCUT2D eigenvalue weighted by atomic mass is 9.98. The van der Waals surface area contributed by atoms with E-state index in [4.69, 9.17) is 11.6 Å². The van der Waals surface area contributed by atoms with E-state index < -0.39 is 5.60 Å². The van der Waals surface area contributed by atoms with Crippen LogP contribution < -0.4 is 4.90 Å². The maximum atomic E-state index is 10.2. The van der Waals surface area contributed by atoms with Crippen molar-refractivity contribution in [2.75, 3.05) is 18.0 Å². The summed E-state index contributed by atoms with van der Waals surface area (Å²) in [6.07, 6.45) is 4.07. The fraction of sp³-hybridized carbons (Fsp3) is 0.714. The van der Waals surface area contributed by atoms with Gasteiger partial charge in [-0.2, -0.15) is 0 Å². The highest BCUT2D eigenvalue weighted by molar-refractivity contribution is 6.30. The first kappa shape index (κ1) is 14.5. The van der Waals surface area contributed by atoms with E-state index in [1.54, 1.807) is 0 Å². The van der Waals surface area contributed by atoms with E-state index in [0.717, 1.165) is 43.7 Å². The molecule has 0 saturated carbocycles. The summed E-state index contributed by atoms with van der Waals surface area (Å²) in [6, 6.07) is 0. The van der Waals surface area contributed by atoms with Crippen LogP contribution in [0.5, 0.6) is 0 Å². The van der Waals surface area contributed by atoms with Crippen molar-refractivity contribution in [2.24, 2.45) is 0 Å². The molecule has 1 fully saturated rings. The first-order valence-corrected chi connectivity index (χ1v) is 7.26. The van der Waals surface area contributed by atoms with Gasteiger partial charge in [-0.05, 0) is 32.1 Å². The lowest BCUT2D eigenvalue weighted by Crippen LogP contribution is -2.29. The maximum Gasteiger partial charge on any atom is 0.138 e. The molecule has 2 heterocycles. The van der Waals surface area contributed by atoms with Crippen LogP contribution in [0.4, 0.5) is 5.82 Å². The Labute approximate surface area is 119 Å². The van der Waals surface area contributed by atoms with Crippen LogP contribution in [0.2, 0.25) is 5.15 Å². The van der Waals surface area contributed by atoms with Crippen LogP contribution in [0.3, 0.4) is 0 Å². The molecular weight excluding hydrogens is 262 g/mol. The Bertz CT molecular complexity index is 448.